The van der Waals surface area contributed by atoms with Gasteiger partial charge in [-0.3, -0.25) is 4.90 Å². The minimum atomic E-state index is 0.221. The quantitative estimate of drug-likeness (QED) is 0.470. The van der Waals surface area contributed by atoms with E-state index in [1.165, 1.54) is 0 Å². The van der Waals surface area contributed by atoms with Gasteiger partial charge in [0.25, 0.3) is 0 Å². The van der Waals surface area contributed by atoms with E-state index in [0.29, 0.717) is 15.1 Å². The summed E-state index contributed by atoms with van der Waals surface area (Å²) in [6.45, 7) is 7.02. The lowest BCUT2D eigenvalue weighted by molar-refractivity contribution is 0.238. The smallest absolute Gasteiger partial charge is 0.0903 e. The van der Waals surface area contributed by atoms with E-state index < -0.39 is 0 Å². The molecule has 0 bridgehead atoms. The Morgan fingerprint density at radius 2 is 1.67 bits per heavy atom. The highest BCUT2D eigenvalue weighted by Gasteiger charge is 2.21. The van der Waals surface area contributed by atoms with Crippen molar-refractivity contribution in [3.8, 4) is 11.3 Å². The van der Waals surface area contributed by atoms with Crippen molar-refractivity contribution >= 4 is 40.5 Å². The SMILES string of the molecule is CC(CCN1CCN(c2cccc(Cl)c2Cl)CC1)n1nncc1-c1ccccc1Cl. The number of halogens is 3. The lowest BCUT2D eigenvalue weighted by atomic mass is 10.1. The summed E-state index contributed by atoms with van der Waals surface area (Å²) >= 11 is 18.9. The Morgan fingerprint density at radius 3 is 2.43 bits per heavy atom. The molecular weight excluding hydrogens is 441 g/mol. The van der Waals surface area contributed by atoms with Crippen molar-refractivity contribution in [1.82, 2.24) is 19.9 Å². The number of benzene rings is 2. The maximum Gasteiger partial charge on any atom is 0.0903 e. The minimum absolute atomic E-state index is 0.221. The van der Waals surface area contributed by atoms with Gasteiger partial charge in [-0.05, 0) is 31.5 Å². The molecule has 8 heteroatoms. The van der Waals surface area contributed by atoms with Crippen LogP contribution in [0.5, 0.6) is 0 Å². The van der Waals surface area contributed by atoms with Crippen LogP contribution in [-0.2, 0) is 0 Å². The molecule has 2 heterocycles. The van der Waals surface area contributed by atoms with Gasteiger partial charge in [0.1, 0.15) is 0 Å². The Bertz CT molecular complexity index is 998. The fourth-order valence-electron chi connectivity index (χ4n) is 3.87. The van der Waals surface area contributed by atoms with Gasteiger partial charge in [0.15, 0.2) is 0 Å². The number of rotatable bonds is 6. The molecule has 1 aromatic heterocycles. The van der Waals surface area contributed by atoms with Crippen molar-refractivity contribution in [3.63, 3.8) is 0 Å². The van der Waals surface area contributed by atoms with E-state index in [-0.39, 0.29) is 6.04 Å². The first-order chi connectivity index (χ1) is 14.5. The molecule has 158 valence electrons. The molecule has 4 rings (SSSR count). The molecule has 1 fully saturated rings. The second-order valence-electron chi connectivity index (χ2n) is 7.58. The highest BCUT2D eigenvalue weighted by molar-refractivity contribution is 6.43. The maximum absolute atomic E-state index is 6.39. The largest absolute Gasteiger partial charge is 0.368 e. The summed E-state index contributed by atoms with van der Waals surface area (Å²) in [5.41, 5.74) is 2.93. The first kappa shape index (κ1) is 21.4. The van der Waals surface area contributed by atoms with E-state index in [9.17, 15) is 0 Å². The zero-order chi connectivity index (χ0) is 21.1. The predicted octanol–water partition coefficient (Wildman–Crippen LogP) is 5.68. The van der Waals surface area contributed by atoms with Gasteiger partial charge in [-0.15, -0.1) is 5.10 Å². The van der Waals surface area contributed by atoms with E-state index in [1.807, 2.05) is 47.1 Å². The van der Waals surface area contributed by atoms with Gasteiger partial charge in [0, 0.05) is 38.3 Å². The molecule has 1 saturated heterocycles. The second-order valence-corrected chi connectivity index (χ2v) is 8.78. The lowest BCUT2D eigenvalue weighted by Gasteiger charge is -2.37. The summed E-state index contributed by atoms with van der Waals surface area (Å²) in [6, 6.07) is 13.8. The van der Waals surface area contributed by atoms with Gasteiger partial charge in [-0.2, -0.15) is 0 Å². The van der Waals surface area contributed by atoms with Crippen LogP contribution in [0.15, 0.2) is 48.7 Å². The van der Waals surface area contributed by atoms with Crippen molar-refractivity contribution in [1.29, 1.82) is 0 Å². The van der Waals surface area contributed by atoms with Crippen molar-refractivity contribution in [2.75, 3.05) is 37.6 Å². The van der Waals surface area contributed by atoms with E-state index in [1.54, 1.807) is 6.20 Å². The first-order valence-electron chi connectivity index (χ1n) is 10.1. The minimum Gasteiger partial charge on any atom is -0.368 e. The van der Waals surface area contributed by atoms with Crippen LogP contribution >= 0.6 is 34.8 Å². The molecule has 1 atom stereocenters. The molecule has 0 aliphatic carbocycles. The zero-order valence-corrected chi connectivity index (χ0v) is 19.1. The average molecular weight is 465 g/mol. The lowest BCUT2D eigenvalue weighted by Crippen LogP contribution is -2.47. The first-order valence-corrected chi connectivity index (χ1v) is 11.2. The van der Waals surface area contributed by atoms with Crippen LogP contribution in [-0.4, -0.2) is 52.6 Å². The third kappa shape index (κ3) is 4.59. The molecule has 3 aromatic rings. The van der Waals surface area contributed by atoms with Crippen molar-refractivity contribution in [2.24, 2.45) is 0 Å². The third-order valence-corrected chi connectivity index (χ3v) is 6.79. The maximum atomic E-state index is 6.39. The van der Waals surface area contributed by atoms with Crippen LogP contribution in [0.25, 0.3) is 11.3 Å². The van der Waals surface area contributed by atoms with Crippen LogP contribution in [0.3, 0.4) is 0 Å². The summed E-state index contributed by atoms with van der Waals surface area (Å²) in [5, 5.41) is 10.4. The molecule has 1 aliphatic rings. The molecule has 0 radical (unpaired) electrons. The molecule has 0 spiro atoms. The molecule has 0 amide bonds. The molecule has 1 aliphatic heterocycles. The molecule has 5 nitrogen and oxygen atoms in total. The standard InChI is InChI=1S/C22H24Cl3N5/c1-16(30-21(15-26-27-30)17-5-2-3-6-18(17)23)9-10-28-11-13-29(14-12-28)20-8-4-7-19(24)22(20)25/h2-8,15-16H,9-14H2,1H3. The number of hydrogen-bond donors (Lipinski definition) is 0. The van der Waals surface area contributed by atoms with Crippen LogP contribution in [0, 0.1) is 0 Å². The van der Waals surface area contributed by atoms with E-state index >= 15 is 0 Å². The number of aromatic nitrogens is 3. The average Bonchev–Trinajstić information content (AvgIpc) is 3.24. The fraction of sp³-hybridized carbons (Fsp3) is 0.364. The highest BCUT2D eigenvalue weighted by Crippen LogP contribution is 2.33. The number of nitrogens with zero attached hydrogens (tertiary/aromatic N) is 5. The molecule has 0 saturated carbocycles. The summed E-state index contributed by atoms with van der Waals surface area (Å²) in [7, 11) is 0. The van der Waals surface area contributed by atoms with Crippen LogP contribution in [0.1, 0.15) is 19.4 Å². The van der Waals surface area contributed by atoms with Crippen LogP contribution < -0.4 is 4.90 Å². The van der Waals surface area contributed by atoms with E-state index in [2.05, 4.69) is 27.0 Å². The van der Waals surface area contributed by atoms with Crippen molar-refractivity contribution in [3.05, 3.63) is 63.7 Å². The molecule has 0 N–H and O–H groups in total. The van der Waals surface area contributed by atoms with Crippen LogP contribution in [0.4, 0.5) is 5.69 Å². The monoisotopic (exact) mass is 463 g/mol. The van der Waals surface area contributed by atoms with Gasteiger partial charge in [0.05, 0.1) is 38.7 Å². The van der Waals surface area contributed by atoms with Crippen LogP contribution in [0.2, 0.25) is 15.1 Å². The summed E-state index contributed by atoms with van der Waals surface area (Å²) in [4.78, 5) is 4.79. The number of hydrogen-bond acceptors (Lipinski definition) is 4. The number of anilines is 1. The Balaban J connectivity index is 1.34. The van der Waals surface area contributed by atoms with E-state index in [0.717, 1.165) is 56.1 Å². The summed E-state index contributed by atoms with van der Waals surface area (Å²) < 4.78 is 1.98. The topological polar surface area (TPSA) is 37.2 Å². The Morgan fingerprint density at radius 1 is 0.933 bits per heavy atom. The number of piperazine rings is 1. The molecule has 2 aromatic carbocycles. The molecule has 1 unspecified atom stereocenters. The van der Waals surface area contributed by atoms with Gasteiger partial charge in [-0.25, -0.2) is 4.68 Å². The van der Waals surface area contributed by atoms with Gasteiger partial charge in [-0.1, -0.05) is 64.3 Å². The molecule has 30 heavy (non-hydrogen) atoms. The summed E-state index contributed by atoms with van der Waals surface area (Å²) in [5.74, 6) is 0. The third-order valence-electron chi connectivity index (χ3n) is 5.65. The van der Waals surface area contributed by atoms with Gasteiger partial charge >= 0.3 is 0 Å². The second kappa shape index (κ2) is 9.56. The zero-order valence-electron chi connectivity index (χ0n) is 16.8. The van der Waals surface area contributed by atoms with Crippen molar-refractivity contribution in [2.45, 2.75) is 19.4 Å². The van der Waals surface area contributed by atoms with Gasteiger partial charge < -0.3 is 4.90 Å². The van der Waals surface area contributed by atoms with Crippen molar-refractivity contribution < 1.29 is 0 Å². The summed E-state index contributed by atoms with van der Waals surface area (Å²) in [6.07, 6.45) is 2.77. The normalized spacial score (nSPS) is 16.1. The Labute approximate surface area is 192 Å². The van der Waals surface area contributed by atoms with E-state index in [4.69, 9.17) is 34.8 Å². The Hall–Kier alpha value is -1.79. The fourth-order valence-corrected chi connectivity index (χ4v) is 4.52. The molecular formula is C22H24Cl3N5. The van der Waals surface area contributed by atoms with Gasteiger partial charge in [0.2, 0.25) is 0 Å². The Kier molecular flexibility index (Phi) is 6.84. The predicted molar refractivity (Wildman–Crippen MR) is 125 cm³/mol. The highest BCUT2D eigenvalue weighted by atomic mass is 35.5.